The third-order valence-electron chi connectivity index (χ3n) is 3.77. The van der Waals surface area contributed by atoms with Gasteiger partial charge in [-0.1, -0.05) is 0 Å². The van der Waals surface area contributed by atoms with Crippen LogP contribution in [-0.4, -0.2) is 28.7 Å². The van der Waals surface area contributed by atoms with Crippen molar-refractivity contribution in [1.29, 1.82) is 0 Å². The largest absolute Gasteiger partial charge is 0.495 e. The fourth-order valence-electron chi connectivity index (χ4n) is 2.21. The summed E-state index contributed by atoms with van der Waals surface area (Å²) in [5, 5.41) is 0. The first-order valence-corrected chi connectivity index (χ1v) is 9.35. The van der Waals surface area contributed by atoms with Crippen LogP contribution in [-0.2, 0) is 10.0 Å². The molecular weight excluding hydrogens is 345 g/mol. The molecule has 0 aliphatic heterocycles. The number of nitrogens with one attached hydrogen (secondary N) is 1. The molecule has 0 unspecified atom stereocenters. The summed E-state index contributed by atoms with van der Waals surface area (Å²) in [5.74, 6) is 0.528. The van der Waals surface area contributed by atoms with Gasteiger partial charge in [0.2, 0.25) is 10.0 Å². The Morgan fingerprint density at radius 2 is 1.72 bits per heavy atom. The van der Waals surface area contributed by atoms with E-state index in [1.165, 1.54) is 31.4 Å². The van der Waals surface area contributed by atoms with Gasteiger partial charge in [0.1, 0.15) is 22.2 Å². The molecule has 0 aromatic heterocycles. The van der Waals surface area contributed by atoms with E-state index >= 15 is 0 Å². The van der Waals surface area contributed by atoms with Crippen LogP contribution < -0.4 is 14.2 Å². The van der Waals surface area contributed by atoms with Gasteiger partial charge >= 0.3 is 0 Å². The molecule has 0 saturated carbocycles. The van der Waals surface area contributed by atoms with Gasteiger partial charge in [-0.15, -0.1) is 0 Å². The Balaban J connectivity index is 1.91. The fraction of sp³-hybridized carbons (Fsp3) is 0.333. The van der Waals surface area contributed by atoms with Crippen molar-refractivity contribution in [2.75, 3.05) is 20.3 Å². The van der Waals surface area contributed by atoms with Crippen LogP contribution in [0.1, 0.15) is 17.5 Å². The van der Waals surface area contributed by atoms with E-state index < -0.39 is 10.0 Å². The van der Waals surface area contributed by atoms with Crippen LogP contribution in [0.5, 0.6) is 11.5 Å². The molecule has 25 heavy (non-hydrogen) atoms. The number of ether oxygens (including phenoxy) is 2. The number of rotatable bonds is 8. The Labute approximate surface area is 147 Å². The van der Waals surface area contributed by atoms with Crippen LogP contribution in [0.15, 0.2) is 41.3 Å². The van der Waals surface area contributed by atoms with E-state index in [-0.39, 0.29) is 17.3 Å². The van der Waals surface area contributed by atoms with E-state index in [0.29, 0.717) is 24.5 Å². The quantitative estimate of drug-likeness (QED) is 0.728. The average molecular weight is 367 g/mol. The molecule has 0 bridgehead atoms. The number of halogens is 1. The van der Waals surface area contributed by atoms with E-state index in [4.69, 9.17) is 9.47 Å². The lowest BCUT2D eigenvalue weighted by atomic mass is 10.1. The summed E-state index contributed by atoms with van der Waals surface area (Å²) in [6.07, 6.45) is 0.476. The Morgan fingerprint density at radius 1 is 1.08 bits per heavy atom. The first-order valence-electron chi connectivity index (χ1n) is 7.87. The zero-order valence-corrected chi connectivity index (χ0v) is 15.3. The second kappa shape index (κ2) is 8.31. The molecule has 136 valence electrons. The van der Waals surface area contributed by atoms with Gasteiger partial charge in [0, 0.05) is 6.54 Å². The molecule has 7 heteroatoms. The molecule has 2 aromatic rings. The van der Waals surface area contributed by atoms with E-state index in [1.54, 1.807) is 12.1 Å². The Bertz CT molecular complexity index is 820. The van der Waals surface area contributed by atoms with Crippen molar-refractivity contribution in [2.24, 2.45) is 0 Å². The number of aryl methyl sites for hydroxylation is 2. The lowest BCUT2D eigenvalue weighted by molar-refractivity contribution is 0.311. The van der Waals surface area contributed by atoms with Gasteiger partial charge < -0.3 is 9.47 Å². The molecule has 0 saturated heterocycles. The van der Waals surface area contributed by atoms with Crippen LogP contribution in [0.25, 0.3) is 0 Å². The zero-order valence-electron chi connectivity index (χ0n) is 14.5. The molecule has 0 aliphatic rings. The third-order valence-corrected chi connectivity index (χ3v) is 5.25. The van der Waals surface area contributed by atoms with Gasteiger partial charge in [-0.25, -0.2) is 17.5 Å². The molecule has 0 aliphatic carbocycles. The molecule has 0 atom stereocenters. The first kappa shape index (κ1) is 19.2. The highest BCUT2D eigenvalue weighted by molar-refractivity contribution is 7.89. The fourth-order valence-corrected chi connectivity index (χ4v) is 3.52. The maximum atomic E-state index is 12.8. The van der Waals surface area contributed by atoms with Crippen molar-refractivity contribution >= 4 is 10.0 Å². The highest BCUT2D eigenvalue weighted by atomic mass is 32.2. The predicted octanol–water partition coefficient (Wildman–Crippen LogP) is 3.20. The molecule has 1 N–H and O–H groups in total. The normalized spacial score (nSPS) is 11.4. The maximum Gasteiger partial charge on any atom is 0.244 e. The summed E-state index contributed by atoms with van der Waals surface area (Å²) in [4.78, 5) is 0.123. The lowest BCUT2D eigenvalue weighted by Crippen LogP contribution is -2.26. The highest BCUT2D eigenvalue weighted by Gasteiger charge is 2.20. The number of hydrogen-bond donors (Lipinski definition) is 1. The summed E-state index contributed by atoms with van der Waals surface area (Å²) < 4.78 is 50.9. The van der Waals surface area contributed by atoms with Crippen molar-refractivity contribution in [3.05, 3.63) is 53.3 Å². The summed E-state index contributed by atoms with van der Waals surface area (Å²) in [7, 11) is -2.23. The monoisotopic (exact) mass is 367 g/mol. The molecule has 0 radical (unpaired) electrons. The molecular formula is C18H22FNO4S. The van der Waals surface area contributed by atoms with Gasteiger partial charge in [0.25, 0.3) is 0 Å². The number of methoxy groups -OCH3 is 1. The maximum absolute atomic E-state index is 12.8. The molecule has 0 heterocycles. The first-order chi connectivity index (χ1) is 11.8. The molecule has 0 fully saturated rings. The van der Waals surface area contributed by atoms with Crippen molar-refractivity contribution in [1.82, 2.24) is 4.72 Å². The summed E-state index contributed by atoms with van der Waals surface area (Å²) in [6, 6.07) is 8.99. The second-order valence-electron chi connectivity index (χ2n) is 5.64. The number of hydrogen-bond acceptors (Lipinski definition) is 4. The average Bonchev–Trinajstić information content (AvgIpc) is 2.58. The molecule has 5 nitrogen and oxygen atoms in total. The van der Waals surface area contributed by atoms with E-state index in [9.17, 15) is 12.8 Å². The summed E-state index contributed by atoms with van der Waals surface area (Å²) in [6.45, 7) is 4.29. The molecule has 2 aromatic carbocycles. The second-order valence-corrected chi connectivity index (χ2v) is 7.38. The van der Waals surface area contributed by atoms with E-state index in [0.717, 1.165) is 11.1 Å². The van der Waals surface area contributed by atoms with Crippen molar-refractivity contribution in [2.45, 2.75) is 25.2 Å². The zero-order chi connectivity index (χ0) is 18.4. The van der Waals surface area contributed by atoms with Crippen molar-refractivity contribution in [3.8, 4) is 11.5 Å². The molecule has 0 spiro atoms. The topological polar surface area (TPSA) is 64.6 Å². The SMILES string of the molecule is COc1cc(C)c(C)cc1S(=O)(=O)NCCCOc1ccc(F)cc1. The Morgan fingerprint density at radius 3 is 2.36 bits per heavy atom. The van der Waals surface area contributed by atoms with Gasteiger partial charge in [0.05, 0.1) is 13.7 Å². The van der Waals surface area contributed by atoms with Crippen LogP contribution in [0.4, 0.5) is 4.39 Å². The molecule has 0 amide bonds. The van der Waals surface area contributed by atoms with Crippen molar-refractivity contribution in [3.63, 3.8) is 0 Å². The van der Waals surface area contributed by atoms with E-state index in [1.807, 2.05) is 13.8 Å². The van der Waals surface area contributed by atoms with Crippen molar-refractivity contribution < 1.29 is 22.3 Å². The van der Waals surface area contributed by atoms with Crippen LogP contribution >= 0.6 is 0 Å². The Hall–Kier alpha value is -2.12. The number of sulfonamides is 1. The van der Waals surface area contributed by atoms with Gasteiger partial charge in [-0.3, -0.25) is 0 Å². The molecule has 2 rings (SSSR count). The minimum absolute atomic E-state index is 0.123. The number of benzene rings is 2. The summed E-state index contributed by atoms with van der Waals surface area (Å²) >= 11 is 0. The predicted molar refractivity (Wildman–Crippen MR) is 94.2 cm³/mol. The standard InChI is InChI=1S/C18H22FNO4S/c1-13-11-17(23-3)18(12-14(13)2)25(21,22)20-9-4-10-24-16-7-5-15(19)6-8-16/h5-8,11-12,20H,4,9-10H2,1-3H3. The van der Waals surface area contributed by atoms with Gasteiger partial charge in [0.15, 0.2) is 0 Å². The third kappa shape index (κ3) is 5.17. The lowest BCUT2D eigenvalue weighted by Gasteiger charge is -2.13. The van der Waals surface area contributed by atoms with Crippen LogP contribution in [0, 0.1) is 19.7 Å². The van der Waals surface area contributed by atoms with Crippen LogP contribution in [0.2, 0.25) is 0 Å². The van der Waals surface area contributed by atoms with Gasteiger partial charge in [-0.05, 0) is 67.8 Å². The van der Waals surface area contributed by atoms with Crippen LogP contribution in [0.3, 0.4) is 0 Å². The smallest absolute Gasteiger partial charge is 0.244 e. The minimum Gasteiger partial charge on any atom is -0.495 e. The Kier molecular flexibility index (Phi) is 6.39. The van der Waals surface area contributed by atoms with E-state index in [2.05, 4.69) is 4.72 Å². The minimum atomic E-state index is -3.67. The van der Waals surface area contributed by atoms with Gasteiger partial charge in [-0.2, -0.15) is 0 Å². The summed E-state index contributed by atoms with van der Waals surface area (Å²) in [5.41, 5.74) is 1.84. The highest BCUT2D eigenvalue weighted by Crippen LogP contribution is 2.27.